The second-order valence-corrected chi connectivity index (χ2v) is 14.1. The molecule has 236 valence electrons. The second kappa shape index (κ2) is 14.1. The van der Waals surface area contributed by atoms with Crippen LogP contribution in [0, 0.1) is 11.3 Å². The number of methoxy groups -OCH3 is 1. The highest BCUT2D eigenvalue weighted by Gasteiger charge is 2.29. The maximum absolute atomic E-state index is 11.8. The average molecular weight is 664 g/mol. The fraction of sp³-hybridized carbons (Fsp3) is 0.514. The Morgan fingerprint density at radius 2 is 2.02 bits per heavy atom. The maximum Gasteiger partial charge on any atom is 0.302 e. The van der Waals surface area contributed by atoms with Crippen LogP contribution >= 0.6 is 15.9 Å². The van der Waals surface area contributed by atoms with Gasteiger partial charge in [-0.05, 0) is 99.3 Å². The lowest BCUT2D eigenvalue weighted by atomic mass is 9.83. The molecular formula is C37H47BrN2O4. The molecule has 2 aliphatic rings. The number of esters is 1. The number of halogens is 1. The minimum Gasteiger partial charge on any atom is -0.465 e. The van der Waals surface area contributed by atoms with Crippen LogP contribution in [0.3, 0.4) is 0 Å². The first kappa shape index (κ1) is 32.6. The Morgan fingerprint density at radius 3 is 2.77 bits per heavy atom. The predicted molar refractivity (Wildman–Crippen MR) is 182 cm³/mol. The zero-order chi connectivity index (χ0) is 31.4. The first-order valence-electron chi connectivity index (χ1n) is 16.0. The van der Waals surface area contributed by atoms with Crippen molar-refractivity contribution in [3.8, 4) is 11.3 Å². The largest absolute Gasteiger partial charge is 0.465 e. The summed E-state index contributed by atoms with van der Waals surface area (Å²) in [6.45, 7) is 12.8. The fourth-order valence-corrected chi connectivity index (χ4v) is 7.18. The predicted octanol–water partition coefficient (Wildman–Crippen LogP) is 9.25. The smallest absolute Gasteiger partial charge is 0.302 e. The number of rotatable bonds is 9. The van der Waals surface area contributed by atoms with Crippen LogP contribution in [0.2, 0.25) is 0 Å². The van der Waals surface area contributed by atoms with Crippen molar-refractivity contribution < 1.29 is 19.0 Å². The zero-order valence-corrected chi connectivity index (χ0v) is 28.8. The Labute approximate surface area is 271 Å². The minimum absolute atomic E-state index is 0.186. The molecule has 5 rings (SSSR count). The van der Waals surface area contributed by atoms with E-state index in [2.05, 4.69) is 84.6 Å². The number of allylic oxidation sites excluding steroid dienone is 3. The number of ether oxygens (including phenoxy) is 3. The molecule has 0 unspecified atom stereocenters. The molecule has 0 saturated heterocycles. The van der Waals surface area contributed by atoms with Crippen LogP contribution in [0.1, 0.15) is 89.6 Å². The fourth-order valence-electron chi connectivity index (χ4n) is 6.82. The number of nitrogens with zero attached hydrogens (tertiary/aromatic N) is 2. The van der Waals surface area contributed by atoms with Crippen LogP contribution in [-0.2, 0) is 32.0 Å². The number of aryl methyl sites for hydroxylation is 1. The maximum atomic E-state index is 11.8. The van der Waals surface area contributed by atoms with Gasteiger partial charge in [-0.1, -0.05) is 47.5 Å². The van der Waals surface area contributed by atoms with Gasteiger partial charge in [0.25, 0.3) is 0 Å². The second-order valence-electron chi connectivity index (χ2n) is 13.2. The molecule has 44 heavy (non-hydrogen) atoms. The lowest BCUT2D eigenvalue weighted by Gasteiger charge is -2.27. The number of benzene rings is 1. The lowest BCUT2D eigenvalue weighted by molar-refractivity contribution is -0.143. The third-order valence-electron chi connectivity index (χ3n) is 9.02. The number of pyridine rings is 1. The van der Waals surface area contributed by atoms with E-state index in [1.54, 1.807) is 12.7 Å². The van der Waals surface area contributed by atoms with Gasteiger partial charge in [0, 0.05) is 53.1 Å². The van der Waals surface area contributed by atoms with E-state index < -0.39 is 0 Å². The number of carbonyl (C=O) groups excluding carboxylic acids is 1. The summed E-state index contributed by atoms with van der Waals surface area (Å²) in [5.41, 5.74) is 9.42. The van der Waals surface area contributed by atoms with Gasteiger partial charge in [-0.25, -0.2) is 0 Å². The van der Waals surface area contributed by atoms with Crippen LogP contribution in [0.4, 0.5) is 0 Å². The van der Waals surface area contributed by atoms with Gasteiger partial charge in [-0.2, -0.15) is 0 Å². The summed E-state index contributed by atoms with van der Waals surface area (Å²) in [5, 5.41) is 1.20. The van der Waals surface area contributed by atoms with Crippen LogP contribution in [0.15, 0.2) is 52.7 Å². The molecule has 0 fully saturated rings. The summed E-state index contributed by atoms with van der Waals surface area (Å²) in [7, 11) is 1.75. The molecule has 2 aromatic heterocycles. The minimum atomic E-state index is -0.279. The first-order chi connectivity index (χ1) is 21.1. The Kier molecular flexibility index (Phi) is 10.5. The van der Waals surface area contributed by atoms with Crippen molar-refractivity contribution in [3.63, 3.8) is 0 Å². The number of hydrogen-bond acceptors (Lipinski definition) is 5. The normalized spacial score (nSPS) is 20.8. The Hall–Kier alpha value is -2.74. The van der Waals surface area contributed by atoms with E-state index in [1.165, 1.54) is 34.5 Å². The molecule has 0 saturated carbocycles. The molecule has 0 spiro atoms. The third kappa shape index (κ3) is 7.38. The topological polar surface area (TPSA) is 62.6 Å². The molecular weight excluding hydrogens is 616 g/mol. The number of fused-ring (bicyclic) bond motifs is 3. The number of aromatic nitrogens is 2. The van der Waals surface area contributed by atoms with Gasteiger partial charge in [-0.3, -0.25) is 9.78 Å². The summed E-state index contributed by atoms with van der Waals surface area (Å²) in [5.74, 6) is 0.209. The molecule has 1 aliphatic carbocycles. The van der Waals surface area contributed by atoms with Crippen molar-refractivity contribution in [2.24, 2.45) is 11.3 Å². The molecule has 1 aromatic carbocycles. The van der Waals surface area contributed by atoms with E-state index >= 15 is 0 Å². The van der Waals surface area contributed by atoms with Gasteiger partial charge in [0.1, 0.15) is 0 Å². The van der Waals surface area contributed by atoms with Crippen molar-refractivity contribution in [1.29, 1.82) is 0 Å². The summed E-state index contributed by atoms with van der Waals surface area (Å²) in [4.78, 5) is 16.9. The van der Waals surface area contributed by atoms with Gasteiger partial charge in [0.05, 0.1) is 37.3 Å². The van der Waals surface area contributed by atoms with Crippen molar-refractivity contribution >= 4 is 38.4 Å². The van der Waals surface area contributed by atoms with Crippen LogP contribution < -0.4 is 0 Å². The number of hydrogen-bond donors (Lipinski definition) is 0. The monoisotopic (exact) mass is 662 g/mol. The van der Waals surface area contributed by atoms with Gasteiger partial charge < -0.3 is 18.8 Å². The molecule has 0 radical (unpaired) electrons. The standard InChI is InChI=1S/C37H47BrN2O4/c1-7-40-34-14-13-30(38)19-31(34)33(20-37(4,5)23-44-25(3)41)36(40)32-18-29(21-39-35(32)24(2)42-6)28-12-8-10-26-11-9-15-43-22-27(16-26)17-28/h11-14,18-19,21,24,27H,7-10,15-17,20,22-23H2,1-6H3/b26-11+,28-12+/t24-,27-/m0/s1. The molecule has 3 aromatic rings. The average Bonchev–Trinajstić information content (AvgIpc) is 3.26. The Morgan fingerprint density at radius 1 is 1.20 bits per heavy atom. The third-order valence-corrected chi connectivity index (χ3v) is 9.51. The summed E-state index contributed by atoms with van der Waals surface area (Å²) < 4.78 is 20.9. The quantitative estimate of drug-likeness (QED) is 0.169. The van der Waals surface area contributed by atoms with Crippen molar-refractivity contribution in [1.82, 2.24) is 9.55 Å². The van der Waals surface area contributed by atoms with Crippen LogP contribution in [-0.4, -0.2) is 42.5 Å². The van der Waals surface area contributed by atoms with E-state index in [0.717, 1.165) is 79.7 Å². The van der Waals surface area contributed by atoms with E-state index in [9.17, 15) is 4.79 Å². The Balaban J connectivity index is 1.69. The highest BCUT2D eigenvalue weighted by atomic mass is 79.9. The van der Waals surface area contributed by atoms with Crippen LogP contribution in [0.25, 0.3) is 27.7 Å². The van der Waals surface area contributed by atoms with E-state index in [4.69, 9.17) is 19.2 Å². The van der Waals surface area contributed by atoms with Gasteiger partial charge in [0.15, 0.2) is 0 Å². The van der Waals surface area contributed by atoms with Gasteiger partial charge in [0.2, 0.25) is 0 Å². The molecule has 3 heterocycles. The summed E-state index contributed by atoms with van der Waals surface area (Å²) >= 11 is 3.73. The molecule has 7 heteroatoms. The molecule has 6 nitrogen and oxygen atoms in total. The highest BCUT2D eigenvalue weighted by molar-refractivity contribution is 9.10. The highest BCUT2D eigenvalue weighted by Crippen LogP contribution is 2.43. The van der Waals surface area contributed by atoms with Gasteiger partial charge in [-0.15, -0.1) is 0 Å². The first-order valence-corrected chi connectivity index (χ1v) is 16.8. The van der Waals surface area contributed by atoms with Crippen molar-refractivity contribution in [3.05, 3.63) is 69.5 Å². The summed E-state index contributed by atoms with van der Waals surface area (Å²) in [6, 6.07) is 8.88. The van der Waals surface area contributed by atoms with E-state index in [-0.39, 0.29) is 17.5 Å². The van der Waals surface area contributed by atoms with Crippen LogP contribution in [0.5, 0.6) is 0 Å². The van der Waals surface area contributed by atoms with Crippen molar-refractivity contribution in [2.45, 2.75) is 85.8 Å². The molecule has 2 bridgehead atoms. The van der Waals surface area contributed by atoms with E-state index in [0.29, 0.717) is 12.5 Å². The molecule has 0 N–H and O–H groups in total. The number of carbonyl (C=O) groups is 1. The summed E-state index contributed by atoms with van der Waals surface area (Å²) in [6.07, 6.45) is 12.7. The van der Waals surface area contributed by atoms with E-state index in [1.807, 2.05) is 6.20 Å². The molecule has 2 atom stereocenters. The zero-order valence-electron chi connectivity index (χ0n) is 27.2. The van der Waals surface area contributed by atoms with Gasteiger partial charge >= 0.3 is 5.97 Å². The molecule has 0 amide bonds. The Bertz CT molecular complexity index is 1570. The lowest BCUT2D eigenvalue weighted by Crippen LogP contribution is -2.24. The molecule has 1 aliphatic heterocycles. The SMILES string of the molecule is CCn1c(-c2cc(/C3=C/CC/C4=C\CCOC[C@@H](C4)C3)cnc2[C@H](C)OC)c(CC(C)(C)COC(C)=O)c2cc(Br)ccc21. The van der Waals surface area contributed by atoms with Crippen molar-refractivity contribution in [2.75, 3.05) is 26.9 Å².